The third-order valence-electron chi connectivity index (χ3n) is 1.55. The van der Waals surface area contributed by atoms with E-state index in [4.69, 9.17) is 15.9 Å². The summed E-state index contributed by atoms with van der Waals surface area (Å²) >= 11 is 0. The number of nitrogens with zero attached hydrogens (tertiary/aromatic N) is 1. The monoisotopic (exact) mass is 182 g/mol. The minimum absolute atomic E-state index is 0.00934. The first-order chi connectivity index (χ1) is 6.09. The van der Waals surface area contributed by atoms with Crippen LogP contribution in [-0.2, 0) is 11.2 Å². The number of rotatable bonds is 3. The number of aromatic nitrogens is 1. The molecule has 0 radical (unpaired) electrons. The fraction of sp³-hybridized carbons (Fsp3) is 0.250. The molecule has 1 aromatic heterocycles. The van der Waals surface area contributed by atoms with Crippen molar-refractivity contribution in [1.29, 1.82) is 0 Å². The van der Waals surface area contributed by atoms with E-state index in [0.29, 0.717) is 5.56 Å². The summed E-state index contributed by atoms with van der Waals surface area (Å²) in [5.41, 5.74) is 5.90. The van der Waals surface area contributed by atoms with Crippen LogP contribution in [0.3, 0.4) is 0 Å². The maximum absolute atomic E-state index is 10.4. The van der Waals surface area contributed by atoms with Crippen molar-refractivity contribution in [2.24, 2.45) is 5.73 Å². The summed E-state index contributed by atoms with van der Waals surface area (Å²) in [6.45, 7) is 0. The summed E-state index contributed by atoms with van der Waals surface area (Å²) < 4.78 is 0. The highest BCUT2D eigenvalue weighted by Crippen LogP contribution is 2.09. The van der Waals surface area contributed by atoms with Crippen LogP contribution in [0.4, 0.5) is 0 Å². The Morgan fingerprint density at radius 1 is 1.62 bits per heavy atom. The number of carbonyl (C=O) groups is 1. The molecule has 0 aromatic carbocycles. The molecule has 1 atom stereocenters. The Hall–Kier alpha value is -1.62. The molecule has 1 unspecified atom stereocenters. The molecule has 4 N–H and O–H groups in total. The van der Waals surface area contributed by atoms with Gasteiger partial charge in [-0.2, -0.15) is 0 Å². The van der Waals surface area contributed by atoms with Gasteiger partial charge in [0.2, 0.25) is 0 Å². The molecule has 1 aromatic rings. The maximum atomic E-state index is 10.4. The number of nitrogens with two attached hydrogens (primary N) is 1. The van der Waals surface area contributed by atoms with Gasteiger partial charge in [0.05, 0.1) is 6.20 Å². The zero-order valence-corrected chi connectivity index (χ0v) is 6.84. The summed E-state index contributed by atoms with van der Waals surface area (Å²) in [6, 6.07) is 0.485. The van der Waals surface area contributed by atoms with Crippen molar-refractivity contribution in [1.82, 2.24) is 4.98 Å². The van der Waals surface area contributed by atoms with Gasteiger partial charge in [-0.1, -0.05) is 0 Å². The molecule has 13 heavy (non-hydrogen) atoms. The fourth-order valence-electron chi connectivity index (χ4n) is 0.927. The number of hydrogen-bond donors (Lipinski definition) is 3. The predicted molar refractivity (Wildman–Crippen MR) is 45.2 cm³/mol. The quantitative estimate of drug-likeness (QED) is 0.598. The van der Waals surface area contributed by atoms with E-state index in [1.54, 1.807) is 0 Å². The molecule has 1 heterocycles. The molecule has 0 saturated heterocycles. The van der Waals surface area contributed by atoms with Crippen LogP contribution in [0.25, 0.3) is 0 Å². The minimum atomic E-state index is -1.07. The van der Waals surface area contributed by atoms with Crippen molar-refractivity contribution in [3.63, 3.8) is 0 Å². The Balaban J connectivity index is 2.69. The van der Waals surface area contributed by atoms with Crippen LogP contribution >= 0.6 is 0 Å². The zero-order chi connectivity index (χ0) is 9.84. The Kier molecular flexibility index (Phi) is 2.81. The van der Waals surface area contributed by atoms with Crippen LogP contribution in [0.2, 0.25) is 0 Å². The summed E-state index contributed by atoms with van der Waals surface area (Å²) in [4.78, 5) is 14.1. The van der Waals surface area contributed by atoms with Crippen molar-refractivity contribution in [3.8, 4) is 5.75 Å². The number of aliphatic carboxylic acids is 1. The van der Waals surface area contributed by atoms with Gasteiger partial charge < -0.3 is 15.9 Å². The van der Waals surface area contributed by atoms with Crippen LogP contribution in [0, 0.1) is 0 Å². The average molecular weight is 182 g/mol. The Bertz CT molecular complexity index is 314. The molecular weight excluding hydrogens is 172 g/mol. The summed E-state index contributed by atoms with van der Waals surface area (Å²) in [5.74, 6) is -1.06. The van der Waals surface area contributed by atoms with Crippen LogP contribution in [0.5, 0.6) is 5.75 Å². The topological polar surface area (TPSA) is 96.4 Å². The van der Waals surface area contributed by atoms with Gasteiger partial charge in [-0.15, -0.1) is 0 Å². The SMILES string of the molecule is NC(Cc1cncc(O)c1)C(=O)O. The zero-order valence-electron chi connectivity index (χ0n) is 6.84. The van der Waals surface area contributed by atoms with Crippen molar-refractivity contribution >= 4 is 5.97 Å². The first-order valence-electron chi connectivity index (χ1n) is 3.71. The Morgan fingerprint density at radius 2 is 2.31 bits per heavy atom. The van der Waals surface area contributed by atoms with Crippen LogP contribution < -0.4 is 5.73 Å². The van der Waals surface area contributed by atoms with E-state index in [9.17, 15) is 4.79 Å². The van der Waals surface area contributed by atoms with E-state index in [-0.39, 0.29) is 12.2 Å². The largest absolute Gasteiger partial charge is 0.506 e. The second-order valence-electron chi connectivity index (χ2n) is 2.70. The van der Waals surface area contributed by atoms with Crippen molar-refractivity contribution in [2.45, 2.75) is 12.5 Å². The number of carboxylic acid groups (broad SMARTS) is 1. The molecule has 0 fully saturated rings. The fourth-order valence-corrected chi connectivity index (χ4v) is 0.927. The van der Waals surface area contributed by atoms with E-state index in [1.165, 1.54) is 18.5 Å². The van der Waals surface area contributed by atoms with E-state index >= 15 is 0 Å². The van der Waals surface area contributed by atoms with Gasteiger partial charge in [0.25, 0.3) is 0 Å². The number of carboxylic acids is 1. The molecular formula is C8H10N2O3. The number of pyridine rings is 1. The van der Waals surface area contributed by atoms with Gasteiger partial charge in [-0.25, -0.2) is 0 Å². The highest BCUT2D eigenvalue weighted by molar-refractivity contribution is 5.73. The highest BCUT2D eigenvalue weighted by Gasteiger charge is 2.12. The molecule has 0 saturated carbocycles. The number of hydrogen-bond acceptors (Lipinski definition) is 4. The van der Waals surface area contributed by atoms with E-state index in [1.807, 2.05) is 0 Å². The third kappa shape index (κ3) is 2.72. The molecule has 1 rings (SSSR count). The summed E-state index contributed by atoms with van der Waals surface area (Å²) in [7, 11) is 0. The van der Waals surface area contributed by atoms with Crippen LogP contribution in [0.1, 0.15) is 5.56 Å². The van der Waals surface area contributed by atoms with Crippen molar-refractivity contribution in [3.05, 3.63) is 24.0 Å². The van der Waals surface area contributed by atoms with Crippen molar-refractivity contribution in [2.75, 3.05) is 0 Å². The molecule has 5 nitrogen and oxygen atoms in total. The van der Waals surface area contributed by atoms with Crippen molar-refractivity contribution < 1.29 is 15.0 Å². The second kappa shape index (κ2) is 3.86. The van der Waals surface area contributed by atoms with E-state index in [0.717, 1.165) is 0 Å². The normalized spacial score (nSPS) is 12.4. The standard InChI is InChI=1S/C8H10N2O3/c9-7(8(12)13)2-5-1-6(11)4-10-3-5/h1,3-4,7,11H,2,9H2,(H,12,13). The first kappa shape index (κ1) is 9.47. The molecule has 0 bridgehead atoms. The lowest BCUT2D eigenvalue weighted by atomic mass is 10.1. The number of aromatic hydroxyl groups is 1. The lowest BCUT2D eigenvalue weighted by molar-refractivity contribution is -0.138. The van der Waals surface area contributed by atoms with Gasteiger partial charge in [-0.3, -0.25) is 9.78 Å². The first-order valence-corrected chi connectivity index (χ1v) is 3.71. The Morgan fingerprint density at radius 3 is 2.85 bits per heavy atom. The smallest absolute Gasteiger partial charge is 0.320 e. The van der Waals surface area contributed by atoms with Gasteiger partial charge in [0.15, 0.2) is 0 Å². The molecule has 0 aliphatic rings. The maximum Gasteiger partial charge on any atom is 0.320 e. The predicted octanol–water partition coefficient (Wildman–Crippen LogP) is -0.258. The lowest BCUT2D eigenvalue weighted by Crippen LogP contribution is -2.32. The van der Waals surface area contributed by atoms with E-state index in [2.05, 4.69) is 4.98 Å². The minimum Gasteiger partial charge on any atom is -0.506 e. The van der Waals surface area contributed by atoms with E-state index < -0.39 is 12.0 Å². The molecule has 0 aliphatic heterocycles. The molecule has 0 spiro atoms. The lowest BCUT2D eigenvalue weighted by Gasteiger charge is -2.05. The van der Waals surface area contributed by atoms with Gasteiger partial charge in [0.1, 0.15) is 11.8 Å². The summed E-state index contributed by atoms with van der Waals surface area (Å²) in [6.07, 6.45) is 2.91. The van der Waals surface area contributed by atoms with Gasteiger partial charge >= 0.3 is 5.97 Å². The summed E-state index contributed by atoms with van der Waals surface area (Å²) in [5, 5.41) is 17.5. The Labute approximate surface area is 74.8 Å². The van der Waals surface area contributed by atoms with Crippen LogP contribution in [0.15, 0.2) is 18.5 Å². The average Bonchev–Trinajstić information content (AvgIpc) is 2.04. The molecule has 0 aliphatic carbocycles. The van der Waals surface area contributed by atoms with Gasteiger partial charge in [0, 0.05) is 6.20 Å². The molecule has 70 valence electrons. The second-order valence-corrected chi connectivity index (χ2v) is 2.70. The molecule has 5 heteroatoms. The van der Waals surface area contributed by atoms with Gasteiger partial charge in [-0.05, 0) is 18.1 Å². The third-order valence-corrected chi connectivity index (χ3v) is 1.55. The highest BCUT2D eigenvalue weighted by atomic mass is 16.4. The molecule has 0 amide bonds. The van der Waals surface area contributed by atoms with Crippen LogP contribution in [-0.4, -0.2) is 27.2 Å².